The maximum Gasteiger partial charge on any atom is 0.165 e. The predicted octanol–water partition coefficient (Wildman–Crippen LogP) is 3.53. The Kier molecular flexibility index (Phi) is 4.82. The molecule has 0 heterocycles. The summed E-state index contributed by atoms with van der Waals surface area (Å²) in [5.41, 5.74) is 6.92. The summed E-state index contributed by atoms with van der Waals surface area (Å²) in [6.45, 7) is 0.460. The topological polar surface area (TPSA) is 44.5 Å². The molecule has 0 atom stereocenters. The number of benzene rings is 2. The Hall–Kier alpha value is -1.78. The summed E-state index contributed by atoms with van der Waals surface area (Å²) in [5.74, 6) is 0.381. The minimum absolute atomic E-state index is 0.169. The zero-order valence-electron chi connectivity index (χ0n) is 11.0. The number of ether oxygens (including phenoxy) is 2. The Morgan fingerprint density at radius 3 is 2.55 bits per heavy atom. The first-order valence-electron chi connectivity index (χ1n) is 6.07. The van der Waals surface area contributed by atoms with Crippen LogP contribution < -0.4 is 15.2 Å². The minimum atomic E-state index is -0.436. The van der Waals surface area contributed by atoms with Crippen LogP contribution >= 0.6 is 11.6 Å². The predicted molar refractivity (Wildman–Crippen MR) is 76.6 cm³/mol. The van der Waals surface area contributed by atoms with Crippen LogP contribution in [-0.4, -0.2) is 7.11 Å². The maximum atomic E-state index is 13.8. The highest BCUT2D eigenvalue weighted by Crippen LogP contribution is 2.25. The van der Waals surface area contributed by atoms with Crippen molar-refractivity contribution in [2.75, 3.05) is 7.11 Å². The van der Waals surface area contributed by atoms with Crippen molar-refractivity contribution in [1.82, 2.24) is 0 Å². The van der Waals surface area contributed by atoms with Gasteiger partial charge in [0.2, 0.25) is 0 Å². The molecule has 0 radical (unpaired) electrons. The van der Waals surface area contributed by atoms with Gasteiger partial charge in [0.25, 0.3) is 0 Å². The van der Waals surface area contributed by atoms with E-state index in [9.17, 15) is 4.39 Å². The average Bonchev–Trinajstić information content (AvgIpc) is 2.46. The minimum Gasteiger partial charge on any atom is -0.496 e. The van der Waals surface area contributed by atoms with Gasteiger partial charge in [-0.2, -0.15) is 0 Å². The third kappa shape index (κ3) is 3.40. The van der Waals surface area contributed by atoms with Crippen molar-refractivity contribution in [1.29, 1.82) is 0 Å². The standard InChI is InChI=1S/C15H15ClFNO2/c1-19-14-5-3-12(16)7-11(14)9-20-15-4-2-10(8-18)6-13(15)17/h2-7H,8-9,18H2,1H3. The summed E-state index contributed by atoms with van der Waals surface area (Å²) in [7, 11) is 1.56. The molecule has 0 aromatic heterocycles. The Bertz CT molecular complexity index is 604. The maximum absolute atomic E-state index is 13.8. The third-order valence-electron chi connectivity index (χ3n) is 2.86. The Balaban J connectivity index is 2.14. The van der Waals surface area contributed by atoms with Crippen LogP contribution in [0.3, 0.4) is 0 Å². The van der Waals surface area contributed by atoms with E-state index in [0.29, 0.717) is 17.3 Å². The number of methoxy groups -OCH3 is 1. The van der Waals surface area contributed by atoms with Crippen LogP contribution in [-0.2, 0) is 13.2 Å². The summed E-state index contributed by atoms with van der Waals surface area (Å²) in [4.78, 5) is 0. The van der Waals surface area contributed by atoms with E-state index in [4.69, 9.17) is 26.8 Å². The molecule has 0 bridgehead atoms. The molecule has 0 aliphatic heterocycles. The average molecular weight is 296 g/mol. The fourth-order valence-electron chi connectivity index (χ4n) is 1.80. The van der Waals surface area contributed by atoms with Crippen LogP contribution in [0.5, 0.6) is 11.5 Å². The van der Waals surface area contributed by atoms with E-state index in [1.807, 2.05) is 0 Å². The Morgan fingerprint density at radius 1 is 1.15 bits per heavy atom. The zero-order valence-corrected chi connectivity index (χ0v) is 11.8. The molecule has 20 heavy (non-hydrogen) atoms. The number of nitrogens with two attached hydrogens (primary N) is 1. The van der Waals surface area contributed by atoms with E-state index in [0.717, 1.165) is 11.1 Å². The molecule has 106 valence electrons. The highest BCUT2D eigenvalue weighted by molar-refractivity contribution is 6.30. The van der Waals surface area contributed by atoms with Crippen LogP contribution in [0.25, 0.3) is 0 Å². The van der Waals surface area contributed by atoms with Gasteiger partial charge in [-0.1, -0.05) is 17.7 Å². The molecule has 0 aliphatic carbocycles. The van der Waals surface area contributed by atoms with Crippen LogP contribution in [0.15, 0.2) is 36.4 Å². The lowest BCUT2D eigenvalue weighted by Gasteiger charge is -2.11. The lowest BCUT2D eigenvalue weighted by molar-refractivity contribution is 0.282. The van der Waals surface area contributed by atoms with Crippen LogP contribution in [0.2, 0.25) is 5.02 Å². The molecule has 0 saturated heterocycles. The molecule has 0 spiro atoms. The third-order valence-corrected chi connectivity index (χ3v) is 3.09. The van der Waals surface area contributed by atoms with Crippen molar-refractivity contribution in [2.24, 2.45) is 5.73 Å². The molecule has 0 amide bonds. The molecule has 2 aromatic rings. The fourth-order valence-corrected chi connectivity index (χ4v) is 2.00. The van der Waals surface area contributed by atoms with E-state index in [-0.39, 0.29) is 12.4 Å². The van der Waals surface area contributed by atoms with Crippen molar-refractivity contribution in [3.8, 4) is 11.5 Å². The molecular weight excluding hydrogens is 281 g/mol. The van der Waals surface area contributed by atoms with Gasteiger partial charge in [-0.3, -0.25) is 0 Å². The summed E-state index contributed by atoms with van der Waals surface area (Å²) in [6.07, 6.45) is 0. The number of hydrogen-bond donors (Lipinski definition) is 1. The number of halogens is 2. The van der Waals surface area contributed by atoms with Crippen LogP contribution in [0.1, 0.15) is 11.1 Å². The molecule has 0 aliphatic rings. The van der Waals surface area contributed by atoms with Crippen molar-refractivity contribution in [3.05, 3.63) is 58.4 Å². The second kappa shape index (κ2) is 6.59. The number of rotatable bonds is 5. The van der Waals surface area contributed by atoms with E-state index >= 15 is 0 Å². The number of hydrogen-bond acceptors (Lipinski definition) is 3. The van der Waals surface area contributed by atoms with Gasteiger partial charge >= 0.3 is 0 Å². The Labute approximate surface area is 122 Å². The van der Waals surface area contributed by atoms with Gasteiger partial charge in [0.15, 0.2) is 11.6 Å². The van der Waals surface area contributed by atoms with Crippen molar-refractivity contribution < 1.29 is 13.9 Å². The highest BCUT2D eigenvalue weighted by atomic mass is 35.5. The van der Waals surface area contributed by atoms with Gasteiger partial charge in [0.1, 0.15) is 12.4 Å². The van der Waals surface area contributed by atoms with E-state index in [2.05, 4.69) is 0 Å². The van der Waals surface area contributed by atoms with Crippen LogP contribution in [0.4, 0.5) is 4.39 Å². The van der Waals surface area contributed by atoms with Crippen molar-refractivity contribution >= 4 is 11.6 Å². The van der Waals surface area contributed by atoms with Crippen molar-refractivity contribution in [3.63, 3.8) is 0 Å². The summed E-state index contributed by atoms with van der Waals surface area (Å²) < 4.78 is 24.4. The smallest absolute Gasteiger partial charge is 0.165 e. The molecule has 2 N–H and O–H groups in total. The zero-order chi connectivity index (χ0) is 14.5. The Morgan fingerprint density at radius 2 is 1.90 bits per heavy atom. The molecule has 2 rings (SSSR count). The molecular formula is C15H15ClFNO2. The molecule has 5 heteroatoms. The second-order valence-electron chi connectivity index (χ2n) is 4.21. The van der Waals surface area contributed by atoms with E-state index < -0.39 is 5.82 Å². The van der Waals surface area contributed by atoms with Gasteiger partial charge < -0.3 is 15.2 Å². The second-order valence-corrected chi connectivity index (χ2v) is 4.65. The summed E-state index contributed by atoms with van der Waals surface area (Å²) >= 11 is 5.93. The molecule has 2 aromatic carbocycles. The first-order chi connectivity index (χ1) is 9.63. The quantitative estimate of drug-likeness (QED) is 0.918. The summed E-state index contributed by atoms with van der Waals surface area (Å²) in [5, 5.41) is 0.573. The van der Waals surface area contributed by atoms with Gasteiger partial charge in [-0.25, -0.2) is 4.39 Å². The monoisotopic (exact) mass is 295 g/mol. The lowest BCUT2D eigenvalue weighted by atomic mass is 10.2. The first kappa shape index (κ1) is 14.6. The molecule has 0 fully saturated rings. The molecule has 0 saturated carbocycles. The van der Waals surface area contributed by atoms with Gasteiger partial charge in [-0.05, 0) is 35.9 Å². The first-order valence-corrected chi connectivity index (χ1v) is 6.45. The molecule has 3 nitrogen and oxygen atoms in total. The van der Waals surface area contributed by atoms with E-state index in [1.165, 1.54) is 6.07 Å². The van der Waals surface area contributed by atoms with Crippen LogP contribution in [0, 0.1) is 5.82 Å². The fraction of sp³-hybridized carbons (Fsp3) is 0.200. The molecule has 0 unspecified atom stereocenters. The van der Waals surface area contributed by atoms with Gasteiger partial charge in [0, 0.05) is 17.1 Å². The summed E-state index contributed by atoms with van der Waals surface area (Å²) in [6, 6.07) is 9.86. The largest absolute Gasteiger partial charge is 0.496 e. The van der Waals surface area contributed by atoms with Gasteiger partial charge in [-0.15, -0.1) is 0 Å². The lowest BCUT2D eigenvalue weighted by Crippen LogP contribution is -2.02. The highest BCUT2D eigenvalue weighted by Gasteiger charge is 2.08. The van der Waals surface area contributed by atoms with E-state index in [1.54, 1.807) is 37.4 Å². The normalized spacial score (nSPS) is 10.4. The SMILES string of the molecule is COc1ccc(Cl)cc1COc1ccc(CN)cc1F. The van der Waals surface area contributed by atoms with Gasteiger partial charge in [0.05, 0.1) is 7.11 Å². The van der Waals surface area contributed by atoms with Crippen molar-refractivity contribution in [2.45, 2.75) is 13.2 Å².